The van der Waals surface area contributed by atoms with Crippen molar-refractivity contribution in [3.8, 4) is 0 Å². The number of carbonyl (C=O) groups excluding carboxylic acids is 1. The van der Waals surface area contributed by atoms with Crippen LogP contribution in [0, 0.1) is 13.8 Å². The molecule has 5 nitrogen and oxygen atoms in total. The van der Waals surface area contributed by atoms with Gasteiger partial charge in [-0.3, -0.25) is 4.98 Å². The number of pyridine rings is 1. The molecule has 5 heteroatoms. The van der Waals surface area contributed by atoms with Crippen molar-refractivity contribution in [3.05, 3.63) is 53.2 Å². The van der Waals surface area contributed by atoms with Gasteiger partial charge in [0.25, 0.3) is 0 Å². The molecular formula is C16H21N3O2. The number of aromatic nitrogens is 1. The molecule has 112 valence electrons. The van der Waals surface area contributed by atoms with E-state index in [1.807, 2.05) is 39.0 Å². The van der Waals surface area contributed by atoms with Gasteiger partial charge in [0.05, 0.1) is 6.54 Å². The zero-order valence-corrected chi connectivity index (χ0v) is 12.7. The van der Waals surface area contributed by atoms with Crippen molar-refractivity contribution in [1.82, 2.24) is 15.2 Å². The maximum atomic E-state index is 12.2. The smallest absolute Gasteiger partial charge is 0.318 e. The van der Waals surface area contributed by atoms with Gasteiger partial charge in [-0.1, -0.05) is 0 Å². The SMILES string of the molecule is CCN(Cc1ccc(C)o1)C(=O)NCc1ccncc1C. The molecule has 0 spiro atoms. The maximum Gasteiger partial charge on any atom is 0.318 e. The van der Waals surface area contributed by atoms with Crippen molar-refractivity contribution in [1.29, 1.82) is 0 Å². The zero-order chi connectivity index (χ0) is 15.2. The summed E-state index contributed by atoms with van der Waals surface area (Å²) in [5.41, 5.74) is 2.14. The van der Waals surface area contributed by atoms with Gasteiger partial charge in [0, 0.05) is 25.5 Å². The Morgan fingerprint density at radius 1 is 1.33 bits per heavy atom. The van der Waals surface area contributed by atoms with Gasteiger partial charge in [-0.15, -0.1) is 0 Å². The number of hydrogen-bond acceptors (Lipinski definition) is 3. The maximum absolute atomic E-state index is 12.2. The Morgan fingerprint density at radius 2 is 2.14 bits per heavy atom. The molecule has 21 heavy (non-hydrogen) atoms. The highest BCUT2D eigenvalue weighted by molar-refractivity contribution is 5.74. The lowest BCUT2D eigenvalue weighted by molar-refractivity contribution is 0.193. The lowest BCUT2D eigenvalue weighted by Crippen LogP contribution is -2.39. The van der Waals surface area contributed by atoms with Crippen LogP contribution < -0.4 is 5.32 Å². The number of rotatable bonds is 5. The third-order valence-corrected chi connectivity index (χ3v) is 3.38. The van der Waals surface area contributed by atoms with Crippen LogP contribution in [0.25, 0.3) is 0 Å². The van der Waals surface area contributed by atoms with Gasteiger partial charge >= 0.3 is 6.03 Å². The minimum absolute atomic E-state index is 0.0947. The molecule has 2 aromatic rings. The van der Waals surface area contributed by atoms with E-state index in [1.54, 1.807) is 17.3 Å². The second-order valence-corrected chi connectivity index (χ2v) is 4.99. The number of furan rings is 1. The molecule has 2 aromatic heterocycles. The monoisotopic (exact) mass is 287 g/mol. The predicted octanol–water partition coefficient (Wildman–Crippen LogP) is 3.02. The molecule has 0 unspecified atom stereocenters. The highest BCUT2D eigenvalue weighted by Gasteiger charge is 2.13. The quantitative estimate of drug-likeness (QED) is 0.919. The summed E-state index contributed by atoms with van der Waals surface area (Å²) in [4.78, 5) is 18.0. The third kappa shape index (κ3) is 4.08. The summed E-state index contributed by atoms with van der Waals surface area (Å²) in [5, 5.41) is 2.94. The van der Waals surface area contributed by atoms with Gasteiger partial charge in [0.1, 0.15) is 11.5 Å². The van der Waals surface area contributed by atoms with Crippen molar-refractivity contribution < 1.29 is 9.21 Å². The van der Waals surface area contributed by atoms with Gasteiger partial charge in [-0.05, 0) is 50.1 Å². The van der Waals surface area contributed by atoms with Gasteiger partial charge in [-0.2, -0.15) is 0 Å². The second kappa shape index (κ2) is 6.92. The van der Waals surface area contributed by atoms with Crippen molar-refractivity contribution in [2.45, 2.75) is 33.9 Å². The Labute approximate surface area is 125 Å². The van der Waals surface area contributed by atoms with E-state index in [4.69, 9.17) is 4.42 Å². The highest BCUT2D eigenvalue weighted by Crippen LogP contribution is 2.10. The Morgan fingerprint density at radius 3 is 2.76 bits per heavy atom. The van der Waals surface area contributed by atoms with Crippen LogP contribution in [0.2, 0.25) is 0 Å². The van der Waals surface area contributed by atoms with Crippen molar-refractivity contribution in [2.75, 3.05) is 6.54 Å². The minimum Gasteiger partial charge on any atom is -0.464 e. The standard InChI is InChI=1S/C16H21N3O2/c1-4-19(11-15-6-5-13(3)21-15)16(20)18-10-14-7-8-17-9-12(14)2/h5-9H,4,10-11H2,1-3H3,(H,18,20). The van der Waals surface area contributed by atoms with E-state index >= 15 is 0 Å². The average Bonchev–Trinajstić information content (AvgIpc) is 2.89. The van der Waals surface area contributed by atoms with E-state index < -0.39 is 0 Å². The molecule has 0 saturated carbocycles. The Balaban J connectivity index is 1.93. The summed E-state index contributed by atoms with van der Waals surface area (Å²) in [5.74, 6) is 1.65. The first kappa shape index (κ1) is 15.1. The molecule has 0 aromatic carbocycles. The van der Waals surface area contributed by atoms with Crippen LogP contribution >= 0.6 is 0 Å². The fourth-order valence-electron chi connectivity index (χ4n) is 2.07. The number of amides is 2. The Kier molecular flexibility index (Phi) is 4.98. The minimum atomic E-state index is -0.0947. The molecule has 2 heterocycles. The van der Waals surface area contributed by atoms with Crippen molar-refractivity contribution in [2.24, 2.45) is 0 Å². The summed E-state index contributed by atoms with van der Waals surface area (Å²) in [7, 11) is 0. The number of carbonyl (C=O) groups is 1. The fraction of sp³-hybridized carbons (Fsp3) is 0.375. The molecule has 0 aliphatic rings. The molecule has 1 N–H and O–H groups in total. The van der Waals surface area contributed by atoms with E-state index in [-0.39, 0.29) is 6.03 Å². The summed E-state index contributed by atoms with van der Waals surface area (Å²) in [6.45, 7) is 7.43. The first-order valence-electron chi connectivity index (χ1n) is 7.07. The first-order valence-corrected chi connectivity index (χ1v) is 7.07. The molecule has 0 fully saturated rings. The van der Waals surface area contributed by atoms with Crippen LogP contribution in [-0.2, 0) is 13.1 Å². The van der Waals surface area contributed by atoms with Crippen molar-refractivity contribution in [3.63, 3.8) is 0 Å². The van der Waals surface area contributed by atoms with Gasteiger partial charge < -0.3 is 14.6 Å². The summed E-state index contributed by atoms with van der Waals surface area (Å²) < 4.78 is 5.52. The summed E-state index contributed by atoms with van der Waals surface area (Å²) in [6, 6.07) is 5.63. The first-order chi connectivity index (χ1) is 10.1. The third-order valence-electron chi connectivity index (χ3n) is 3.38. The largest absolute Gasteiger partial charge is 0.464 e. The van der Waals surface area contributed by atoms with Crippen LogP contribution in [0.1, 0.15) is 29.6 Å². The Bertz CT molecular complexity index is 607. The lowest BCUT2D eigenvalue weighted by Gasteiger charge is -2.20. The molecule has 0 aliphatic carbocycles. The van der Waals surface area contributed by atoms with E-state index in [0.717, 1.165) is 22.6 Å². The number of hydrogen-bond donors (Lipinski definition) is 1. The number of aryl methyl sites for hydroxylation is 2. The van der Waals surface area contributed by atoms with Crippen LogP contribution in [0.15, 0.2) is 35.0 Å². The van der Waals surface area contributed by atoms with Crippen LogP contribution in [0.3, 0.4) is 0 Å². The summed E-state index contributed by atoms with van der Waals surface area (Å²) in [6.07, 6.45) is 3.53. The highest BCUT2D eigenvalue weighted by atomic mass is 16.3. The number of nitrogens with zero attached hydrogens (tertiary/aromatic N) is 2. The normalized spacial score (nSPS) is 10.4. The van der Waals surface area contributed by atoms with Gasteiger partial charge in [0.15, 0.2) is 0 Å². The van der Waals surface area contributed by atoms with Crippen LogP contribution in [0.4, 0.5) is 4.79 Å². The number of nitrogens with one attached hydrogen (secondary N) is 1. The van der Waals surface area contributed by atoms with E-state index in [2.05, 4.69) is 10.3 Å². The fourth-order valence-corrected chi connectivity index (χ4v) is 2.07. The zero-order valence-electron chi connectivity index (χ0n) is 12.7. The average molecular weight is 287 g/mol. The topological polar surface area (TPSA) is 58.4 Å². The van der Waals surface area contributed by atoms with Gasteiger partial charge in [0.2, 0.25) is 0 Å². The van der Waals surface area contributed by atoms with E-state index in [9.17, 15) is 4.79 Å². The van der Waals surface area contributed by atoms with Crippen LogP contribution in [0.5, 0.6) is 0 Å². The predicted molar refractivity (Wildman–Crippen MR) is 80.7 cm³/mol. The van der Waals surface area contributed by atoms with Gasteiger partial charge in [-0.25, -0.2) is 4.79 Å². The molecule has 0 aliphatic heterocycles. The van der Waals surface area contributed by atoms with E-state index in [1.165, 1.54) is 0 Å². The van der Waals surface area contributed by atoms with Crippen LogP contribution in [-0.4, -0.2) is 22.5 Å². The molecule has 0 radical (unpaired) electrons. The summed E-state index contributed by atoms with van der Waals surface area (Å²) >= 11 is 0. The van der Waals surface area contributed by atoms with Crippen molar-refractivity contribution >= 4 is 6.03 Å². The van der Waals surface area contributed by atoms with E-state index in [0.29, 0.717) is 19.6 Å². The molecule has 0 saturated heterocycles. The lowest BCUT2D eigenvalue weighted by atomic mass is 10.1. The number of urea groups is 1. The molecule has 2 amide bonds. The second-order valence-electron chi connectivity index (χ2n) is 4.99. The molecule has 2 rings (SSSR count). The molecule has 0 bridgehead atoms. The Hall–Kier alpha value is -2.30. The molecule has 0 atom stereocenters. The molecular weight excluding hydrogens is 266 g/mol.